The van der Waals surface area contributed by atoms with Gasteiger partial charge in [-0.2, -0.15) is 0 Å². The van der Waals surface area contributed by atoms with Crippen molar-refractivity contribution in [3.8, 4) is 0 Å². The number of aromatic nitrogens is 1. The minimum Gasteiger partial charge on any atom is -0.477 e. The number of nitrogens with one attached hydrogen (secondary N) is 1. The van der Waals surface area contributed by atoms with E-state index in [9.17, 15) is 9.59 Å². The smallest absolute Gasteiger partial charge is 0.354 e. The van der Waals surface area contributed by atoms with Gasteiger partial charge in [0.05, 0.1) is 0 Å². The molecule has 2 heterocycles. The average molecular weight is 353 g/mol. The van der Waals surface area contributed by atoms with Crippen molar-refractivity contribution in [3.63, 3.8) is 0 Å². The second kappa shape index (κ2) is 7.99. The number of carboxylic acid groups (broad SMARTS) is 1. The number of hydrogen-bond donors (Lipinski definition) is 2. The van der Waals surface area contributed by atoms with E-state index in [1.54, 1.807) is 6.07 Å². The molecule has 1 aliphatic rings. The molecule has 0 radical (unpaired) electrons. The van der Waals surface area contributed by atoms with E-state index < -0.39 is 5.97 Å². The first kappa shape index (κ1) is 17.9. The summed E-state index contributed by atoms with van der Waals surface area (Å²) >= 11 is 0. The van der Waals surface area contributed by atoms with Crippen molar-refractivity contribution < 1.29 is 14.7 Å². The molecule has 6 nitrogen and oxygen atoms in total. The first-order valence-electron chi connectivity index (χ1n) is 8.81. The number of pyridine rings is 1. The summed E-state index contributed by atoms with van der Waals surface area (Å²) < 4.78 is 0. The van der Waals surface area contributed by atoms with Gasteiger partial charge in [-0.1, -0.05) is 35.9 Å². The number of rotatable bonds is 5. The maximum atomic E-state index is 12.4. The van der Waals surface area contributed by atoms with Crippen molar-refractivity contribution in [3.05, 3.63) is 59.3 Å². The minimum atomic E-state index is -1.03. The van der Waals surface area contributed by atoms with Gasteiger partial charge in [-0.25, -0.2) is 9.78 Å². The molecule has 2 aromatic rings. The number of benzene rings is 1. The Morgan fingerprint density at radius 1 is 1.15 bits per heavy atom. The number of amides is 1. The molecule has 0 spiro atoms. The van der Waals surface area contributed by atoms with Gasteiger partial charge in [-0.3, -0.25) is 4.79 Å². The predicted octanol–water partition coefficient (Wildman–Crippen LogP) is 2.62. The fourth-order valence-electron chi connectivity index (χ4n) is 3.13. The number of carbonyl (C=O) groups is 2. The molecule has 0 bridgehead atoms. The molecule has 0 saturated carbocycles. The lowest BCUT2D eigenvalue weighted by Gasteiger charge is -2.32. The first-order chi connectivity index (χ1) is 12.5. The molecule has 0 aliphatic carbocycles. The van der Waals surface area contributed by atoms with Crippen LogP contribution in [0.5, 0.6) is 0 Å². The quantitative estimate of drug-likeness (QED) is 0.863. The van der Waals surface area contributed by atoms with Gasteiger partial charge in [-0.05, 0) is 37.5 Å². The number of nitrogens with zero attached hydrogens (tertiary/aromatic N) is 2. The van der Waals surface area contributed by atoms with Crippen LogP contribution in [0.25, 0.3) is 0 Å². The monoisotopic (exact) mass is 353 g/mol. The number of hydrogen-bond acceptors (Lipinski definition) is 4. The molecule has 1 aliphatic heterocycles. The van der Waals surface area contributed by atoms with Crippen LogP contribution in [0, 0.1) is 12.8 Å². The van der Waals surface area contributed by atoms with Crippen LogP contribution in [0.2, 0.25) is 0 Å². The van der Waals surface area contributed by atoms with E-state index in [-0.39, 0.29) is 17.5 Å². The second-order valence-corrected chi connectivity index (χ2v) is 6.65. The van der Waals surface area contributed by atoms with E-state index in [1.807, 2.05) is 42.2 Å². The van der Waals surface area contributed by atoms with Gasteiger partial charge in [0, 0.05) is 25.6 Å². The van der Waals surface area contributed by atoms with Crippen LogP contribution < -0.4 is 10.2 Å². The summed E-state index contributed by atoms with van der Waals surface area (Å²) in [4.78, 5) is 29.7. The number of carbonyl (C=O) groups excluding carboxylic acids is 1. The third-order valence-corrected chi connectivity index (χ3v) is 4.73. The van der Waals surface area contributed by atoms with E-state index in [1.165, 1.54) is 11.6 Å². The highest BCUT2D eigenvalue weighted by molar-refractivity contribution is 5.85. The normalized spacial score (nSPS) is 14.9. The van der Waals surface area contributed by atoms with Gasteiger partial charge in [0.15, 0.2) is 5.69 Å². The van der Waals surface area contributed by atoms with E-state index >= 15 is 0 Å². The molecule has 0 unspecified atom stereocenters. The molecular formula is C20H23N3O3. The Labute approximate surface area is 152 Å². The van der Waals surface area contributed by atoms with E-state index in [4.69, 9.17) is 5.11 Å². The molecule has 1 aromatic carbocycles. The van der Waals surface area contributed by atoms with Crippen LogP contribution in [-0.4, -0.2) is 35.1 Å². The second-order valence-electron chi connectivity index (χ2n) is 6.65. The Hall–Kier alpha value is -2.89. The van der Waals surface area contributed by atoms with Gasteiger partial charge in [0.1, 0.15) is 5.82 Å². The van der Waals surface area contributed by atoms with E-state index in [2.05, 4.69) is 10.3 Å². The Morgan fingerprint density at radius 2 is 1.85 bits per heavy atom. The molecule has 1 aromatic heterocycles. The fraction of sp³-hybridized carbons (Fsp3) is 0.350. The summed E-state index contributed by atoms with van der Waals surface area (Å²) in [6.45, 7) is 3.97. The van der Waals surface area contributed by atoms with Gasteiger partial charge >= 0.3 is 5.97 Å². The zero-order valence-electron chi connectivity index (χ0n) is 14.8. The third kappa shape index (κ3) is 4.39. The Bertz CT molecular complexity index is 781. The zero-order valence-corrected chi connectivity index (χ0v) is 14.8. The molecule has 0 atom stereocenters. The molecule has 2 N–H and O–H groups in total. The van der Waals surface area contributed by atoms with Crippen LogP contribution in [0.3, 0.4) is 0 Å². The number of aromatic carboxylic acids is 1. The van der Waals surface area contributed by atoms with Crippen LogP contribution >= 0.6 is 0 Å². The summed E-state index contributed by atoms with van der Waals surface area (Å²) in [5.74, 6) is -0.308. The van der Waals surface area contributed by atoms with Gasteiger partial charge in [0.25, 0.3) is 0 Å². The standard InChI is InChI=1S/C20H23N3O3/c1-14-5-7-15(8-6-14)13-21-19(24)16-9-11-23(12-10-16)18-4-2-3-17(22-18)20(25)26/h2-8,16H,9-13H2,1H3,(H,21,24)(H,25,26). The summed E-state index contributed by atoms with van der Waals surface area (Å²) in [5.41, 5.74) is 2.34. The van der Waals surface area contributed by atoms with Gasteiger partial charge in [-0.15, -0.1) is 0 Å². The molecule has 3 rings (SSSR count). The van der Waals surface area contributed by atoms with Crippen molar-refractivity contribution in [2.45, 2.75) is 26.3 Å². The van der Waals surface area contributed by atoms with Crippen molar-refractivity contribution in [1.29, 1.82) is 0 Å². The molecule has 6 heteroatoms. The van der Waals surface area contributed by atoms with Gasteiger partial charge < -0.3 is 15.3 Å². The number of carboxylic acids is 1. The zero-order chi connectivity index (χ0) is 18.5. The third-order valence-electron chi connectivity index (χ3n) is 4.73. The maximum absolute atomic E-state index is 12.4. The Balaban J connectivity index is 1.51. The van der Waals surface area contributed by atoms with Gasteiger partial charge in [0.2, 0.25) is 5.91 Å². The molecule has 1 amide bonds. The Kier molecular flexibility index (Phi) is 5.51. The topological polar surface area (TPSA) is 82.5 Å². The fourth-order valence-corrected chi connectivity index (χ4v) is 3.13. The molecule has 1 saturated heterocycles. The van der Waals surface area contributed by atoms with Crippen LogP contribution in [0.4, 0.5) is 5.82 Å². The lowest BCUT2D eigenvalue weighted by Crippen LogP contribution is -2.40. The van der Waals surface area contributed by atoms with Crippen molar-refractivity contribution >= 4 is 17.7 Å². The van der Waals surface area contributed by atoms with Crippen LogP contribution in [-0.2, 0) is 11.3 Å². The minimum absolute atomic E-state index is 0.0145. The number of anilines is 1. The highest BCUT2D eigenvalue weighted by Gasteiger charge is 2.25. The SMILES string of the molecule is Cc1ccc(CNC(=O)C2CCN(c3cccc(C(=O)O)n3)CC2)cc1. The predicted molar refractivity (Wildman–Crippen MR) is 99.2 cm³/mol. The summed E-state index contributed by atoms with van der Waals surface area (Å²) in [7, 11) is 0. The lowest BCUT2D eigenvalue weighted by atomic mass is 9.95. The highest BCUT2D eigenvalue weighted by atomic mass is 16.4. The first-order valence-corrected chi connectivity index (χ1v) is 8.81. The molecule has 1 fully saturated rings. The van der Waals surface area contributed by atoms with Crippen molar-refractivity contribution in [2.75, 3.05) is 18.0 Å². The summed E-state index contributed by atoms with van der Waals surface area (Å²) in [6.07, 6.45) is 1.47. The summed E-state index contributed by atoms with van der Waals surface area (Å²) in [6, 6.07) is 13.1. The van der Waals surface area contributed by atoms with Crippen molar-refractivity contribution in [1.82, 2.24) is 10.3 Å². The average Bonchev–Trinajstić information content (AvgIpc) is 2.67. The van der Waals surface area contributed by atoms with E-state index in [0.29, 0.717) is 25.5 Å². The molecular weight excluding hydrogens is 330 g/mol. The molecule has 136 valence electrons. The van der Waals surface area contributed by atoms with Crippen LogP contribution in [0.15, 0.2) is 42.5 Å². The highest BCUT2D eigenvalue weighted by Crippen LogP contribution is 2.22. The summed E-state index contributed by atoms with van der Waals surface area (Å²) in [5, 5.41) is 12.1. The van der Waals surface area contributed by atoms with Crippen LogP contribution in [0.1, 0.15) is 34.5 Å². The molecule has 26 heavy (non-hydrogen) atoms. The Morgan fingerprint density at radius 3 is 2.50 bits per heavy atom. The largest absolute Gasteiger partial charge is 0.477 e. The lowest BCUT2D eigenvalue weighted by molar-refractivity contribution is -0.125. The number of aryl methyl sites for hydroxylation is 1. The van der Waals surface area contributed by atoms with E-state index in [0.717, 1.165) is 18.4 Å². The maximum Gasteiger partial charge on any atom is 0.354 e. The number of piperidine rings is 1. The van der Waals surface area contributed by atoms with Crippen molar-refractivity contribution in [2.24, 2.45) is 5.92 Å².